The maximum atomic E-state index is 10.8. The van der Waals surface area contributed by atoms with Crippen LogP contribution in [0.3, 0.4) is 0 Å². The van der Waals surface area contributed by atoms with Gasteiger partial charge in [-0.25, -0.2) is 4.79 Å². The third kappa shape index (κ3) is 1.67. The van der Waals surface area contributed by atoms with Crippen LogP contribution in [-0.2, 0) is 4.74 Å². The molecule has 1 N–H and O–H groups in total. The van der Waals surface area contributed by atoms with E-state index in [1.165, 1.54) is 0 Å². The van der Waals surface area contributed by atoms with Crippen molar-refractivity contribution in [2.75, 3.05) is 6.54 Å². The van der Waals surface area contributed by atoms with Gasteiger partial charge in [0.05, 0.1) is 6.54 Å². The predicted octanol–water partition coefficient (Wildman–Crippen LogP) is 2.23. The average Bonchev–Trinajstić information content (AvgIpc) is 2.53. The molecule has 1 heterocycles. The fraction of sp³-hybridized carbons (Fsp3) is 0.222. The molecule has 68 valence electrons. The van der Waals surface area contributed by atoms with E-state index in [0.29, 0.717) is 6.54 Å². The first-order valence-electron chi connectivity index (χ1n) is 3.96. The van der Waals surface area contributed by atoms with Gasteiger partial charge >= 0.3 is 6.09 Å². The number of carbonyl (C=O) groups excluding carboxylic acids is 1. The molecule has 3 nitrogen and oxygen atoms in total. The molecule has 1 unspecified atom stereocenters. The molecule has 1 amide bonds. The number of halogens is 1. The zero-order chi connectivity index (χ0) is 9.26. The van der Waals surface area contributed by atoms with Crippen LogP contribution in [0.15, 0.2) is 28.7 Å². The zero-order valence-electron chi connectivity index (χ0n) is 6.79. The number of amides is 1. The van der Waals surface area contributed by atoms with Crippen molar-refractivity contribution in [3.8, 4) is 0 Å². The smallest absolute Gasteiger partial charge is 0.407 e. The molecule has 0 saturated carbocycles. The summed E-state index contributed by atoms with van der Waals surface area (Å²) >= 11 is 3.41. The Morgan fingerprint density at radius 1 is 1.46 bits per heavy atom. The van der Waals surface area contributed by atoms with Crippen molar-refractivity contribution in [1.29, 1.82) is 0 Å². The molecule has 0 aliphatic carbocycles. The van der Waals surface area contributed by atoms with Gasteiger partial charge in [0.1, 0.15) is 6.10 Å². The average molecular weight is 242 g/mol. The quantitative estimate of drug-likeness (QED) is 0.819. The molecule has 0 aromatic heterocycles. The second-order valence-corrected chi connectivity index (χ2v) is 3.65. The molecule has 2 rings (SSSR count). The molecule has 1 aromatic rings. The summed E-state index contributed by atoms with van der Waals surface area (Å²) < 4.78 is 6.02. The van der Waals surface area contributed by atoms with Gasteiger partial charge in [-0.3, -0.25) is 0 Å². The molecule has 13 heavy (non-hydrogen) atoms. The van der Waals surface area contributed by atoms with E-state index in [2.05, 4.69) is 21.2 Å². The van der Waals surface area contributed by atoms with Crippen LogP contribution in [-0.4, -0.2) is 12.6 Å². The van der Waals surface area contributed by atoms with Crippen LogP contribution in [0.1, 0.15) is 11.7 Å². The van der Waals surface area contributed by atoms with Gasteiger partial charge in [0.25, 0.3) is 0 Å². The van der Waals surface area contributed by atoms with Crippen molar-refractivity contribution in [2.24, 2.45) is 0 Å². The fourth-order valence-corrected chi connectivity index (χ4v) is 1.84. The zero-order valence-corrected chi connectivity index (χ0v) is 8.37. The SMILES string of the molecule is O=C1NCC(c2ccccc2Br)O1. The lowest BCUT2D eigenvalue weighted by Gasteiger charge is -2.09. The normalized spacial score (nSPS) is 21.0. The van der Waals surface area contributed by atoms with Crippen molar-refractivity contribution in [1.82, 2.24) is 5.32 Å². The summed E-state index contributed by atoms with van der Waals surface area (Å²) in [6, 6.07) is 7.72. The van der Waals surface area contributed by atoms with Gasteiger partial charge in [-0.2, -0.15) is 0 Å². The molecule has 4 heteroatoms. The van der Waals surface area contributed by atoms with E-state index in [9.17, 15) is 4.79 Å². The lowest BCUT2D eigenvalue weighted by molar-refractivity contribution is 0.141. The number of hydrogen-bond donors (Lipinski definition) is 1. The van der Waals surface area contributed by atoms with Crippen molar-refractivity contribution < 1.29 is 9.53 Å². The maximum absolute atomic E-state index is 10.8. The summed E-state index contributed by atoms with van der Waals surface area (Å²) in [5, 5.41) is 2.61. The Bertz CT molecular complexity index is 340. The molecular formula is C9H8BrNO2. The lowest BCUT2D eigenvalue weighted by Crippen LogP contribution is -2.12. The van der Waals surface area contributed by atoms with Crippen molar-refractivity contribution in [3.05, 3.63) is 34.3 Å². The summed E-state index contributed by atoms with van der Waals surface area (Å²) in [6.45, 7) is 0.543. The van der Waals surface area contributed by atoms with Gasteiger partial charge in [0, 0.05) is 10.0 Å². The van der Waals surface area contributed by atoms with Crippen LogP contribution in [0.4, 0.5) is 4.79 Å². The fourth-order valence-electron chi connectivity index (χ4n) is 1.30. The Morgan fingerprint density at radius 2 is 2.23 bits per heavy atom. The first kappa shape index (κ1) is 8.56. The van der Waals surface area contributed by atoms with Gasteiger partial charge in [-0.05, 0) is 6.07 Å². The first-order chi connectivity index (χ1) is 6.27. The Balaban J connectivity index is 2.26. The van der Waals surface area contributed by atoms with Crippen molar-refractivity contribution >= 4 is 22.0 Å². The van der Waals surface area contributed by atoms with E-state index < -0.39 is 0 Å². The van der Waals surface area contributed by atoms with Gasteiger partial charge in [0.2, 0.25) is 0 Å². The molecule has 1 atom stereocenters. The number of nitrogens with one attached hydrogen (secondary N) is 1. The topological polar surface area (TPSA) is 38.3 Å². The van der Waals surface area contributed by atoms with E-state index in [-0.39, 0.29) is 12.2 Å². The summed E-state index contributed by atoms with van der Waals surface area (Å²) in [4.78, 5) is 10.8. The van der Waals surface area contributed by atoms with Gasteiger partial charge in [-0.1, -0.05) is 34.1 Å². The highest BCUT2D eigenvalue weighted by Gasteiger charge is 2.25. The van der Waals surface area contributed by atoms with Crippen molar-refractivity contribution in [2.45, 2.75) is 6.10 Å². The molecule has 1 fully saturated rings. The lowest BCUT2D eigenvalue weighted by atomic mass is 10.1. The Kier molecular flexibility index (Phi) is 2.22. The standard InChI is InChI=1S/C9H8BrNO2/c10-7-4-2-1-3-6(7)8-5-11-9(12)13-8/h1-4,8H,5H2,(H,11,12). The van der Waals surface area contributed by atoms with Gasteiger partial charge in [-0.15, -0.1) is 0 Å². The van der Waals surface area contributed by atoms with Crippen LogP contribution >= 0.6 is 15.9 Å². The second-order valence-electron chi connectivity index (χ2n) is 2.80. The van der Waals surface area contributed by atoms with Gasteiger partial charge in [0.15, 0.2) is 0 Å². The number of hydrogen-bond acceptors (Lipinski definition) is 2. The van der Waals surface area contributed by atoms with Gasteiger partial charge < -0.3 is 10.1 Å². The molecule has 0 bridgehead atoms. The number of ether oxygens (including phenoxy) is 1. The molecule has 1 aromatic carbocycles. The van der Waals surface area contributed by atoms with E-state index >= 15 is 0 Å². The molecular weight excluding hydrogens is 234 g/mol. The highest BCUT2D eigenvalue weighted by atomic mass is 79.9. The van der Waals surface area contributed by atoms with E-state index in [1.807, 2.05) is 24.3 Å². The number of carbonyl (C=O) groups is 1. The van der Waals surface area contributed by atoms with E-state index in [1.54, 1.807) is 0 Å². The first-order valence-corrected chi connectivity index (χ1v) is 4.75. The number of alkyl carbamates (subject to hydrolysis) is 1. The highest BCUT2D eigenvalue weighted by molar-refractivity contribution is 9.10. The second kappa shape index (κ2) is 3.38. The monoisotopic (exact) mass is 241 g/mol. The van der Waals surface area contributed by atoms with Crippen LogP contribution in [0.25, 0.3) is 0 Å². The Hall–Kier alpha value is -1.03. The molecule has 1 aliphatic rings. The summed E-state index contributed by atoms with van der Waals surface area (Å²) in [6.07, 6.45) is -0.510. The summed E-state index contributed by atoms with van der Waals surface area (Å²) in [5.74, 6) is 0. The minimum absolute atomic E-state index is 0.164. The Labute approximate surface area is 84.2 Å². The van der Waals surface area contributed by atoms with E-state index in [4.69, 9.17) is 4.74 Å². The minimum Gasteiger partial charge on any atom is -0.439 e. The van der Waals surface area contributed by atoms with Crippen LogP contribution < -0.4 is 5.32 Å². The van der Waals surface area contributed by atoms with Crippen LogP contribution in [0, 0.1) is 0 Å². The summed E-state index contributed by atoms with van der Waals surface area (Å²) in [7, 11) is 0. The van der Waals surface area contributed by atoms with Crippen LogP contribution in [0.2, 0.25) is 0 Å². The van der Waals surface area contributed by atoms with Crippen LogP contribution in [0.5, 0.6) is 0 Å². The third-order valence-electron chi connectivity index (χ3n) is 1.93. The number of rotatable bonds is 1. The molecule has 1 saturated heterocycles. The highest BCUT2D eigenvalue weighted by Crippen LogP contribution is 2.27. The third-order valence-corrected chi connectivity index (χ3v) is 2.66. The maximum Gasteiger partial charge on any atom is 0.407 e. The molecule has 1 aliphatic heterocycles. The molecule has 0 spiro atoms. The minimum atomic E-state index is -0.347. The predicted molar refractivity (Wildman–Crippen MR) is 51.4 cm³/mol. The number of cyclic esters (lactones) is 1. The number of benzene rings is 1. The largest absolute Gasteiger partial charge is 0.439 e. The van der Waals surface area contributed by atoms with Crippen molar-refractivity contribution in [3.63, 3.8) is 0 Å². The Morgan fingerprint density at radius 3 is 2.85 bits per heavy atom. The van der Waals surface area contributed by atoms with E-state index in [0.717, 1.165) is 10.0 Å². The summed E-state index contributed by atoms with van der Waals surface area (Å²) in [5.41, 5.74) is 1.00. The molecule has 0 radical (unpaired) electrons.